The predicted molar refractivity (Wildman–Crippen MR) is 56.6 cm³/mol. The third-order valence-corrected chi connectivity index (χ3v) is 1.82. The molecule has 1 aromatic rings. The molecule has 1 amide bonds. The van der Waals surface area contributed by atoms with E-state index >= 15 is 0 Å². The van der Waals surface area contributed by atoms with Crippen LogP contribution in [0.1, 0.15) is 16.9 Å². The summed E-state index contributed by atoms with van der Waals surface area (Å²) in [5, 5.41) is 11.1. The lowest BCUT2D eigenvalue weighted by Gasteiger charge is -2.10. The molecule has 1 atom stereocenters. The quantitative estimate of drug-likeness (QED) is 0.712. The Kier molecular flexibility index (Phi) is 4.04. The normalized spacial score (nSPS) is 11.2. The van der Waals surface area contributed by atoms with Crippen LogP contribution in [0.2, 0.25) is 0 Å². The fourth-order valence-electron chi connectivity index (χ4n) is 1.05. The van der Waals surface area contributed by atoms with Gasteiger partial charge in [0, 0.05) is 12.6 Å². The SMILES string of the molecule is C#CC[C@H](NC(=O)c1ccccn1)C(=O)O. The van der Waals surface area contributed by atoms with Crippen molar-refractivity contribution in [2.24, 2.45) is 0 Å². The third kappa shape index (κ3) is 3.10. The molecule has 0 bridgehead atoms. The molecule has 0 fully saturated rings. The minimum Gasteiger partial charge on any atom is -0.480 e. The maximum atomic E-state index is 11.5. The van der Waals surface area contributed by atoms with Crippen LogP contribution in [0.3, 0.4) is 0 Å². The minimum absolute atomic E-state index is 0.0616. The van der Waals surface area contributed by atoms with E-state index in [2.05, 4.69) is 16.2 Å². The molecule has 1 rings (SSSR count). The third-order valence-electron chi connectivity index (χ3n) is 1.82. The standard InChI is InChI=1S/C11H10N2O3/c1-2-5-9(11(15)16)13-10(14)8-6-3-4-7-12-8/h1,3-4,6-7,9H,5H2,(H,13,14)(H,15,16)/t9-/m0/s1. The molecule has 82 valence electrons. The fourth-order valence-corrected chi connectivity index (χ4v) is 1.05. The Labute approximate surface area is 92.5 Å². The molecule has 1 heterocycles. The van der Waals surface area contributed by atoms with Crippen molar-refractivity contribution >= 4 is 11.9 Å². The molecule has 1 aromatic heterocycles. The van der Waals surface area contributed by atoms with Crippen molar-refractivity contribution in [2.75, 3.05) is 0 Å². The maximum absolute atomic E-state index is 11.5. The van der Waals surface area contributed by atoms with Gasteiger partial charge in [-0.2, -0.15) is 0 Å². The van der Waals surface area contributed by atoms with Gasteiger partial charge < -0.3 is 10.4 Å². The Hall–Kier alpha value is -2.35. The number of rotatable bonds is 4. The second-order valence-corrected chi connectivity index (χ2v) is 2.99. The van der Waals surface area contributed by atoms with Crippen LogP contribution in [-0.4, -0.2) is 28.0 Å². The van der Waals surface area contributed by atoms with Crippen molar-refractivity contribution in [3.05, 3.63) is 30.1 Å². The summed E-state index contributed by atoms with van der Waals surface area (Å²) in [6.07, 6.45) is 6.39. The van der Waals surface area contributed by atoms with E-state index in [4.69, 9.17) is 11.5 Å². The van der Waals surface area contributed by atoms with Gasteiger partial charge in [0.15, 0.2) is 0 Å². The van der Waals surface area contributed by atoms with E-state index in [-0.39, 0.29) is 12.1 Å². The molecule has 5 nitrogen and oxygen atoms in total. The zero-order valence-corrected chi connectivity index (χ0v) is 8.38. The van der Waals surface area contributed by atoms with Gasteiger partial charge in [-0.3, -0.25) is 9.78 Å². The first-order valence-electron chi connectivity index (χ1n) is 4.53. The van der Waals surface area contributed by atoms with Crippen LogP contribution in [0.5, 0.6) is 0 Å². The van der Waals surface area contributed by atoms with Crippen molar-refractivity contribution in [3.63, 3.8) is 0 Å². The van der Waals surface area contributed by atoms with Gasteiger partial charge in [-0.1, -0.05) is 6.07 Å². The Morgan fingerprint density at radius 2 is 2.31 bits per heavy atom. The number of hydrogen-bond acceptors (Lipinski definition) is 3. The summed E-state index contributed by atoms with van der Waals surface area (Å²) >= 11 is 0. The Bertz CT molecular complexity index is 423. The molecule has 0 saturated carbocycles. The number of aliphatic carboxylic acids is 1. The molecular weight excluding hydrogens is 208 g/mol. The van der Waals surface area contributed by atoms with Crippen LogP contribution in [0, 0.1) is 12.3 Å². The van der Waals surface area contributed by atoms with Gasteiger partial charge in [0.25, 0.3) is 5.91 Å². The molecule has 5 heteroatoms. The molecule has 0 spiro atoms. The van der Waals surface area contributed by atoms with Crippen molar-refractivity contribution in [1.82, 2.24) is 10.3 Å². The number of carbonyl (C=O) groups excluding carboxylic acids is 1. The summed E-state index contributed by atoms with van der Waals surface area (Å²) in [7, 11) is 0. The van der Waals surface area contributed by atoms with Crippen LogP contribution >= 0.6 is 0 Å². The number of nitrogens with zero attached hydrogens (tertiary/aromatic N) is 1. The lowest BCUT2D eigenvalue weighted by Crippen LogP contribution is -2.40. The molecule has 0 aliphatic carbocycles. The van der Waals surface area contributed by atoms with E-state index in [1.807, 2.05) is 0 Å². The van der Waals surface area contributed by atoms with Crippen molar-refractivity contribution in [2.45, 2.75) is 12.5 Å². The Morgan fingerprint density at radius 3 is 2.81 bits per heavy atom. The van der Waals surface area contributed by atoms with Crippen LogP contribution in [0.15, 0.2) is 24.4 Å². The summed E-state index contributed by atoms with van der Waals surface area (Å²) in [4.78, 5) is 26.0. The molecule has 16 heavy (non-hydrogen) atoms. The molecule has 0 radical (unpaired) electrons. The molecule has 0 unspecified atom stereocenters. The van der Waals surface area contributed by atoms with E-state index in [1.165, 1.54) is 12.3 Å². The first-order valence-corrected chi connectivity index (χ1v) is 4.53. The number of amides is 1. The summed E-state index contributed by atoms with van der Waals surface area (Å²) < 4.78 is 0. The number of hydrogen-bond donors (Lipinski definition) is 2. The van der Waals surface area contributed by atoms with Gasteiger partial charge in [0.1, 0.15) is 11.7 Å². The van der Waals surface area contributed by atoms with Gasteiger partial charge in [0.2, 0.25) is 0 Å². The number of carboxylic acids is 1. The minimum atomic E-state index is -1.16. The highest BCUT2D eigenvalue weighted by molar-refractivity contribution is 5.94. The van der Waals surface area contributed by atoms with Crippen LogP contribution in [0.25, 0.3) is 0 Å². The van der Waals surface area contributed by atoms with Gasteiger partial charge in [-0.25, -0.2) is 4.79 Å². The lowest BCUT2D eigenvalue weighted by molar-refractivity contribution is -0.139. The smallest absolute Gasteiger partial charge is 0.327 e. The van der Waals surface area contributed by atoms with Gasteiger partial charge >= 0.3 is 5.97 Å². The zero-order valence-electron chi connectivity index (χ0n) is 8.38. The number of terminal acetylenes is 1. The van der Waals surface area contributed by atoms with E-state index in [0.717, 1.165) is 0 Å². The predicted octanol–water partition coefficient (Wildman–Crippen LogP) is 0.288. The van der Waals surface area contributed by atoms with E-state index in [0.29, 0.717) is 0 Å². The van der Waals surface area contributed by atoms with Gasteiger partial charge in [0.05, 0.1) is 0 Å². The molecule has 0 aliphatic heterocycles. The average molecular weight is 218 g/mol. The molecule has 0 aromatic carbocycles. The van der Waals surface area contributed by atoms with Crippen molar-refractivity contribution in [1.29, 1.82) is 0 Å². The van der Waals surface area contributed by atoms with E-state index < -0.39 is 17.9 Å². The molecule has 0 aliphatic rings. The number of nitrogens with one attached hydrogen (secondary N) is 1. The van der Waals surface area contributed by atoms with Gasteiger partial charge in [-0.05, 0) is 12.1 Å². The molecular formula is C11H10N2O3. The second-order valence-electron chi connectivity index (χ2n) is 2.99. The summed E-state index contributed by atoms with van der Waals surface area (Å²) in [6.45, 7) is 0. The first-order chi connectivity index (χ1) is 7.65. The van der Waals surface area contributed by atoms with E-state index in [1.54, 1.807) is 12.1 Å². The van der Waals surface area contributed by atoms with Crippen molar-refractivity contribution < 1.29 is 14.7 Å². The molecule has 0 saturated heterocycles. The number of carbonyl (C=O) groups is 2. The fraction of sp³-hybridized carbons (Fsp3) is 0.182. The van der Waals surface area contributed by atoms with Crippen molar-refractivity contribution in [3.8, 4) is 12.3 Å². The molecule has 2 N–H and O–H groups in total. The highest BCUT2D eigenvalue weighted by Crippen LogP contribution is 1.97. The Morgan fingerprint density at radius 1 is 1.56 bits per heavy atom. The highest BCUT2D eigenvalue weighted by Gasteiger charge is 2.19. The zero-order chi connectivity index (χ0) is 12.0. The summed E-state index contributed by atoms with van der Waals surface area (Å²) in [5.74, 6) is 0.473. The maximum Gasteiger partial charge on any atom is 0.327 e. The Balaban J connectivity index is 2.70. The number of pyridine rings is 1. The largest absolute Gasteiger partial charge is 0.480 e. The van der Waals surface area contributed by atoms with E-state index in [9.17, 15) is 9.59 Å². The highest BCUT2D eigenvalue weighted by atomic mass is 16.4. The van der Waals surface area contributed by atoms with Crippen LogP contribution in [0.4, 0.5) is 0 Å². The lowest BCUT2D eigenvalue weighted by atomic mass is 10.2. The van der Waals surface area contributed by atoms with Crippen LogP contribution in [-0.2, 0) is 4.79 Å². The summed E-state index contributed by atoms with van der Waals surface area (Å²) in [5.41, 5.74) is 0.158. The average Bonchev–Trinajstić information content (AvgIpc) is 2.29. The monoisotopic (exact) mass is 218 g/mol. The van der Waals surface area contributed by atoms with Crippen LogP contribution < -0.4 is 5.32 Å². The number of aromatic nitrogens is 1. The second kappa shape index (κ2) is 5.51. The van der Waals surface area contributed by atoms with Gasteiger partial charge in [-0.15, -0.1) is 12.3 Å². The first kappa shape index (κ1) is 11.7. The number of carboxylic acid groups (broad SMARTS) is 1. The summed E-state index contributed by atoms with van der Waals surface area (Å²) in [6, 6.07) is 3.70. The topological polar surface area (TPSA) is 79.3 Å².